The Morgan fingerprint density at radius 1 is 0.875 bits per heavy atom. The van der Waals surface area contributed by atoms with E-state index in [0.717, 1.165) is 22.5 Å². The van der Waals surface area contributed by atoms with Gasteiger partial charge in [0.15, 0.2) is 0 Å². The molecule has 3 atom stereocenters. The first-order valence-electron chi connectivity index (χ1n) is 10.2. The summed E-state index contributed by atoms with van der Waals surface area (Å²) in [6, 6.07) is 9.78. The van der Waals surface area contributed by atoms with Crippen LogP contribution in [-0.2, 0) is 0 Å². The Labute approximate surface area is 152 Å². The second-order valence-corrected chi connectivity index (χ2v) is 9.67. The standard InChI is InChI=1S/C22H33NS/c1-16-10-6-9-15-20(16)23-17(2)21(18-11-4-3-5-12-18)24-22(23)19-13-7-8-14-19/h6,9-10,15,17-19,21-22H,3-5,7-8,11-14H2,1-2H3/t17-,21?,22?/m0/s1. The summed E-state index contributed by atoms with van der Waals surface area (Å²) in [7, 11) is 0. The molecule has 1 aromatic rings. The highest BCUT2D eigenvalue weighted by Gasteiger charge is 2.46. The molecule has 0 spiro atoms. The first kappa shape index (κ1) is 16.8. The maximum Gasteiger partial charge on any atom is 0.0786 e. The summed E-state index contributed by atoms with van der Waals surface area (Å²) in [6.45, 7) is 4.82. The van der Waals surface area contributed by atoms with Crippen LogP contribution >= 0.6 is 11.8 Å². The Hall–Kier alpha value is -0.630. The smallest absolute Gasteiger partial charge is 0.0786 e. The number of rotatable bonds is 3. The van der Waals surface area contributed by atoms with Crippen molar-refractivity contribution in [2.45, 2.75) is 88.3 Å². The van der Waals surface area contributed by atoms with Crippen LogP contribution in [0.15, 0.2) is 24.3 Å². The van der Waals surface area contributed by atoms with Crippen molar-refractivity contribution in [1.82, 2.24) is 0 Å². The van der Waals surface area contributed by atoms with Gasteiger partial charge in [-0.2, -0.15) is 0 Å². The molecule has 3 fully saturated rings. The number of benzene rings is 1. The zero-order chi connectivity index (χ0) is 16.5. The Bertz CT molecular complexity index is 545. The number of para-hydroxylation sites is 1. The van der Waals surface area contributed by atoms with E-state index in [1.807, 2.05) is 0 Å². The number of thioether (sulfide) groups is 1. The van der Waals surface area contributed by atoms with E-state index in [1.165, 1.54) is 69.0 Å². The molecule has 0 radical (unpaired) electrons. The van der Waals surface area contributed by atoms with Gasteiger partial charge in [-0.15, -0.1) is 11.8 Å². The number of aryl methyl sites for hydroxylation is 1. The van der Waals surface area contributed by atoms with Gasteiger partial charge in [-0.3, -0.25) is 0 Å². The Morgan fingerprint density at radius 3 is 2.21 bits per heavy atom. The molecule has 1 heterocycles. The van der Waals surface area contributed by atoms with Gasteiger partial charge in [0.05, 0.1) is 5.37 Å². The van der Waals surface area contributed by atoms with Crippen molar-refractivity contribution in [3.63, 3.8) is 0 Å². The molecule has 1 aromatic carbocycles. The summed E-state index contributed by atoms with van der Waals surface area (Å²) in [5, 5.41) is 1.56. The molecule has 0 aromatic heterocycles. The Kier molecular flexibility index (Phi) is 5.13. The molecule has 0 bridgehead atoms. The van der Waals surface area contributed by atoms with Crippen LogP contribution in [0.5, 0.6) is 0 Å². The monoisotopic (exact) mass is 343 g/mol. The molecule has 1 aliphatic heterocycles. The third-order valence-corrected chi connectivity index (χ3v) is 8.78. The van der Waals surface area contributed by atoms with Gasteiger partial charge in [-0.05, 0) is 63.0 Å². The summed E-state index contributed by atoms with van der Waals surface area (Å²) in [5.74, 6) is 1.86. The largest absolute Gasteiger partial charge is 0.355 e. The van der Waals surface area contributed by atoms with Crippen LogP contribution in [0.2, 0.25) is 0 Å². The van der Waals surface area contributed by atoms with Crippen LogP contribution in [0.1, 0.15) is 70.3 Å². The molecule has 2 heteroatoms. The van der Waals surface area contributed by atoms with E-state index in [9.17, 15) is 0 Å². The van der Waals surface area contributed by atoms with Crippen LogP contribution in [0, 0.1) is 18.8 Å². The minimum atomic E-state index is 0.685. The third-order valence-electron chi connectivity index (χ3n) is 6.80. The van der Waals surface area contributed by atoms with Gasteiger partial charge < -0.3 is 4.90 Å². The fraction of sp³-hybridized carbons (Fsp3) is 0.727. The molecule has 3 aliphatic rings. The van der Waals surface area contributed by atoms with Gasteiger partial charge >= 0.3 is 0 Å². The fourth-order valence-corrected chi connectivity index (χ4v) is 7.59. The molecule has 4 rings (SSSR count). The Morgan fingerprint density at radius 2 is 1.50 bits per heavy atom. The van der Waals surface area contributed by atoms with Crippen molar-refractivity contribution in [2.24, 2.45) is 11.8 Å². The van der Waals surface area contributed by atoms with Crippen molar-refractivity contribution in [2.75, 3.05) is 4.90 Å². The first-order chi connectivity index (χ1) is 11.8. The molecular weight excluding hydrogens is 310 g/mol. The maximum atomic E-state index is 2.84. The lowest BCUT2D eigenvalue weighted by atomic mass is 9.84. The summed E-state index contributed by atoms with van der Waals surface area (Å²) in [4.78, 5) is 2.84. The van der Waals surface area contributed by atoms with E-state index in [0.29, 0.717) is 6.04 Å². The second kappa shape index (κ2) is 7.32. The van der Waals surface area contributed by atoms with Crippen LogP contribution in [0.4, 0.5) is 5.69 Å². The summed E-state index contributed by atoms with van der Waals surface area (Å²) >= 11 is 2.36. The third kappa shape index (κ3) is 3.11. The minimum Gasteiger partial charge on any atom is -0.355 e. The van der Waals surface area contributed by atoms with Gasteiger partial charge in [0.2, 0.25) is 0 Å². The zero-order valence-corrected chi connectivity index (χ0v) is 16.2. The second-order valence-electron chi connectivity index (χ2n) is 8.37. The van der Waals surface area contributed by atoms with E-state index in [4.69, 9.17) is 0 Å². The fourth-order valence-electron chi connectivity index (χ4n) is 5.49. The van der Waals surface area contributed by atoms with Crippen molar-refractivity contribution in [1.29, 1.82) is 0 Å². The first-order valence-corrected chi connectivity index (χ1v) is 11.2. The number of hydrogen-bond acceptors (Lipinski definition) is 2. The van der Waals surface area contributed by atoms with Gasteiger partial charge in [0.25, 0.3) is 0 Å². The van der Waals surface area contributed by atoms with E-state index in [-0.39, 0.29) is 0 Å². The lowest BCUT2D eigenvalue weighted by molar-refractivity contribution is 0.331. The van der Waals surface area contributed by atoms with Crippen molar-refractivity contribution < 1.29 is 0 Å². The highest BCUT2D eigenvalue weighted by molar-refractivity contribution is 8.01. The van der Waals surface area contributed by atoms with Crippen LogP contribution < -0.4 is 4.90 Å². The molecule has 132 valence electrons. The average Bonchev–Trinajstić information content (AvgIpc) is 3.24. The van der Waals surface area contributed by atoms with Gasteiger partial charge in [0.1, 0.15) is 0 Å². The van der Waals surface area contributed by atoms with Gasteiger partial charge in [-0.1, -0.05) is 50.3 Å². The van der Waals surface area contributed by atoms with Crippen molar-refractivity contribution in [3.8, 4) is 0 Å². The normalized spacial score (nSPS) is 32.6. The minimum absolute atomic E-state index is 0.685. The van der Waals surface area contributed by atoms with Crippen LogP contribution in [-0.4, -0.2) is 16.7 Å². The highest BCUT2D eigenvalue weighted by Crippen LogP contribution is 2.51. The molecule has 1 nitrogen and oxygen atoms in total. The molecule has 0 amide bonds. The van der Waals surface area contributed by atoms with Gasteiger partial charge in [0, 0.05) is 17.0 Å². The van der Waals surface area contributed by atoms with E-state index < -0.39 is 0 Å². The van der Waals surface area contributed by atoms with Crippen molar-refractivity contribution >= 4 is 17.4 Å². The van der Waals surface area contributed by atoms with E-state index in [1.54, 1.807) is 0 Å². The average molecular weight is 344 g/mol. The molecule has 2 unspecified atom stereocenters. The highest BCUT2D eigenvalue weighted by atomic mass is 32.2. The van der Waals surface area contributed by atoms with Crippen molar-refractivity contribution in [3.05, 3.63) is 29.8 Å². The van der Waals surface area contributed by atoms with E-state index >= 15 is 0 Å². The number of anilines is 1. The molecule has 2 aliphatic carbocycles. The predicted molar refractivity (Wildman–Crippen MR) is 107 cm³/mol. The molecule has 2 saturated carbocycles. The molecule has 24 heavy (non-hydrogen) atoms. The number of hydrogen-bond donors (Lipinski definition) is 0. The zero-order valence-electron chi connectivity index (χ0n) is 15.4. The number of nitrogens with zero attached hydrogens (tertiary/aromatic N) is 1. The topological polar surface area (TPSA) is 3.24 Å². The summed E-state index contributed by atoms with van der Waals surface area (Å²) < 4.78 is 0. The lowest BCUT2D eigenvalue weighted by Gasteiger charge is -2.35. The molecule has 0 N–H and O–H groups in total. The van der Waals surface area contributed by atoms with Gasteiger partial charge in [-0.25, -0.2) is 0 Å². The summed E-state index contributed by atoms with van der Waals surface area (Å²) in [5.41, 5.74) is 2.96. The quantitative estimate of drug-likeness (QED) is 0.624. The maximum absolute atomic E-state index is 2.84. The lowest BCUT2D eigenvalue weighted by Crippen LogP contribution is -2.41. The predicted octanol–water partition coefficient (Wildman–Crippen LogP) is 6.40. The molecule has 1 saturated heterocycles. The summed E-state index contributed by atoms with van der Waals surface area (Å²) in [6.07, 6.45) is 13.1. The van der Waals surface area contributed by atoms with Crippen LogP contribution in [0.3, 0.4) is 0 Å². The SMILES string of the molecule is Cc1ccccc1N1C(C2CCCC2)SC(C2CCCCC2)[C@@H]1C. The molecular formula is C22H33NS. The van der Waals surface area contributed by atoms with Crippen LogP contribution in [0.25, 0.3) is 0 Å². The van der Waals surface area contributed by atoms with E-state index in [2.05, 4.69) is 54.8 Å². The Balaban J connectivity index is 1.63.